The normalized spacial score (nSPS) is 27.7. The van der Waals surface area contributed by atoms with Crippen LogP contribution in [0.2, 0.25) is 0 Å². The van der Waals surface area contributed by atoms with Gasteiger partial charge in [0, 0.05) is 58.9 Å². The number of hydrogen-bond donors (Lipinski definition) is 2. The van der Waals surface area contributed by atoms with Crippen LogP contribution in [0.25, 0.3) is 0 Å². The first kappa shape index (κ1) is 15.3. The van der Waals surface area contributed by atoms with Crippen molar-refractivity contribution in [3.8, 4) is 0 Å². The molecule has 0 spiro atoms. The first-order valence-corrected chi connectivity index (χ1v) is 8.21. The van der Waals surface area contributed by atoms with Crippen molar-refractivity contribution in [2.24, 2.45) is 4.99 Å². The highest BCUT2D eigenvalue weighted by Crippen LogP contribution is 2.14. The van der Waals surface area contributed by atoms with Gasteiger partial charge in [-0.15, -0.1) is 0 Å². The van der Waals surface area contributed by atoms with Gasteiger partial charge in [0.15, 0.2) is 5.96 Å². The van der Waals surface area contributed by atoms with Crippen molar-refractivity contribution in [2.45, 2.75) is 19.5 Å². The maximum Gasteiger partial charge on any atom is 0.191 e. The Bertz CT molecular complexity index is 502. The van der Waals surface area contributed by atoms with Crippen LogP contribution in [0, 0.1) is 6.92 Å². The van der Waals surface area contributed by atoms with Crippen molar-refractivity contribution in [1.82, 2.24) is 20.4 Å². The molecule has 22 heavy (non-hydrogen) atoms. The average molecular weight is 301 g/mol. The molecule has 1 unspecified atom stereocenters. The smallest absolute Gasteiger partial charge is 0.191 e. The Labute approximate surface area is 133 Å². The predicted molar refractivity (Wildman–Crippen MR) is 91.2 cm³/mol. The van der Waals surface area contributed by atoms with Gasteiger partial charge in [-0.05, 0) is 12.5 Å². The first-order chi connectivity index (χ1) is 10.7. The number of nitrogens with zero attached hydrogens (tertiary/aromatic N) is 3. The Kier molecular flexibility index (Phi) is 4.95. The van der Waals surface area contributed by atoms with E-state index in [0.29, 0.717) is 6.04 Å². The van der Waals surface area contributed by atoms with Crippen molar-refractivity contribution in [1.29, 1.82) is 0 Å². The van der Waals surface area contributed by atoms with Gasteiger partial charge in [-0.25, -0.2) is 0 Å². The van der Waals surface area contributed by atoms with Crippen LogP contribution in [0.3, 0.4) is 0 Å². The molecule has 3 fully saturated rings. The molecule has 2 N–H and O–H groups in total. The summed E-state index contributed by atoms with van der Waals surface area (Å²) in [7, 11) is 1.83. The second kappa shape index (κ2) is 7.11. The Morgan fingerprint density at radius 2 is 1.86 bits per heavy atom. The van der Waals surface area contributed by atoms with Crippen LogP contribution in [0.15, 0.2) is 29.3 Å². The zero-order valence-corrected chi connectivity index (χ0v) is 13.7. The number of piperazine rings is 3. The third-order valence-electron chi connectivity index (χ3n) is 4.70. The Morgan fingerprint density at radius 3 is 2.45 bits per heavy atom. The number of aliphatic imine (C=N–C) groups is 1. The van der Waals surface area contributed by atoms with Crippen LogP contribution in [0.4, 0.5) is 0 Å². The van der Waals surface area contributed by atoms with Gasteiger partial charge in [0.05, 0.1) is 0 Å². The maximum absolute atomic E-state index is 4.33. The Hall–Kier alpha value is -1.59. The van der Waals surface area contributed by atoms with E-state index in [2.05, 4.69) is 56.6 Å². The molecule has 3 aliphatic heterocycles. The van der Waals surface area contributed by atoms with Crippen LogP contribution in [-0.4, -0.2) is 68.1 Å². The highest BCUT2D eigenvalue weighted by Gasteiger charge is 2.31. The quantitative estimate of drug-likeness (QED) is 0.633. The van der Waals surface area contributed by atoms with Gasteiger partial charge in [0.25, 0.3) is 0 Å². The second-order valence-corrected chi connectivity index (χ2v) is 6.28. The number of benzene rings is 1. The van der Waals surface area contributed by atoms with E-state index in [1.165, 1.54) is 43.9 Å². The summed E-state index contributed by atoms with van der Waals surface area (Å²) < 4.78 is 0. The molecule has 3 heterocycles. The molecule has 0 radical (unpaired) electrons. The molecule has 1 aromatic rings. The summed E-state index contributed by atoms with van der Waals surface area (Å²) in [6.45, 7) is 9.95. The fourth-order valence-electron chi connectivity index (χ4n) is 3.25. The third-order valence-corrected chi connectivity index (χ3v) is 4.70. The van der Waals surface area contributed by atoms with E-state index in [1.807, 2.05) is 7.05 Å². The summed E-state index contributed by atoms with van der Waals surface area (Å²) in [5, 5.41) is 6.87. The second-order valence-electron chi connectivity index (χ2n) is 6.28. The lowest BCUT2D eigenvalue weighted by atomic mass is 10.1. The maximum atomic E-state index is 4.33. The molecule has 0 aliphatic carbocycles. The van der Waals surface area contributed by atoms with Gasteiger partial charge in [0.2, 0.25) is 0 Å². The summed E-state index contributed by atoms with van der Waals surface area (Å²) in [6.07, 6.45) is 0. The van der Waals surface area contributed by atoms with Crippen LogP contribution >= 0.6 is 0 Å². The van der Waals surface area contributed by atoms with Crippen LogP contribution in [0.1, 0.15) is 11.1 Å². The van der Waals surface area contributed by atoms with E-state index >= 15 is 0 Å². The van der Waals surface area contributed by atoms with Gasteiger partial charge in [-0.3, -0.25) is 14.8 Å². The first-order valence-electron chi connectivity index (χ1n) is 8.21. The molecular formula is C17H27N5. The van der Waals surface area contributed by atoms with Crippen molar-refractivity contribution in [3.05, 3.63) is 35.4 Å². The summed E-state index contributed by atoms with van der Waals surface area (Å²) in [5.74, 6) is 0.887. The number of rotatable bonds is 4. The Balaban J connectivity index is 1.45. The molecule has 4 rings (SSSR count). The number of nitrogens with one attached hydrogen (secondary N) is 2. The van der Waals surface area contributed by atoms with Gasteiger partial charge in [-0.2, -0.15) is 0 Å². The van der Waals surface area contributed by atoms with Gasteiger partial charge in [0.1, 0.15) is 0 Å². The fraction of sp³-hybridized carbons (Fsp3) is 0.588. The third kappa shape index (κ3) is 3.78. The summed E-state index contributed by atoms with van der Waals surface area (Å²) in [5.41, 5.74) is 2.57. The summed E-state index contributed by atoms with van der Waals surface area (Å²) in [6, 6.07) is 9.23. The van der Waals surface area contributed by atoms with Crippen molar-refractivity contribution < 1.29 is 0 Å². The largest absolute Gasteiger partial charge is 0.355 e. The molecule has 3 saturated heterocycles. The van der Waals surface area contributed by atoms with Crippen LogP contribution < -0.4 is 10.6 Å². The highest BCUT2D eigenvalue weighted by molar-refractivity contribution is 5.79. The molecule has 120 valence electrons. The lowest BCUT2D eigenvalue weighted by Crippen LogP contribution is -2.63. The molecule has 0 aromatic heterocycles. The topological polar surface area (TPSA) is 42.9 Å². The Morgan fingerprint density at radius 1 is 1.14 bits per heavy atom. The predicted octanol–water partition coefficient (Wildman–Crippen LogP) is 0.660. The highest BCUT2D eigenvalue weighted by atomic mass is 15.4. The standard InChI is InChI=1S/C17H27N5/c1-14-3-5-15(6-4-14)11-19-17(18-2)20-12-16-13-21-7-9-22(16)10-8-21/h3-6,16H,7-13H2,1-2H3,(H2,18,19,20). The molecule has 3 aliphatic rings. The van der Waals surface area contributed by atoms with E-state index in [0.717, 1.165) is 19.0 Å². The van der Waals surface area contributed by atoms with E-state index in [-0.39, 0.29) is 0 Å². The molecule has 2 bridgehead atoms. The van der Waals surface area contributed by atoms with E-state index in [9.17, 15) is 0 Å². The minimum Gasteiger partial charge on any atom is -0.355 e. The molecule has 1 aromatic carbocycles. The summed E-state index contributed by atoms with van der Waals surface area (Å²) in [4.78, 5) is 9.49. The number of aryl methyl sites for hydroxylation is 1. The van der Waals surface area contributed by atoms with Crippen molar-refractivity contribution in [2.75, 3.05) is 46.3 Å². The lowest BCUT2D eigenvalue weighted by Gasteiger charge is -2.47. The number of fused-ring (bicyclic) bond motifs is 3. The van der Waals surface area contributed by atoms with Crippen molar-refractivity contribution in [3.63, 3.8) is 0 Å². The van der Waals surface area contributed by atoms with Gasteiger partial charge < -0.3 is 10.6 Å². The zero-order chi connectivity index (χ0) is 15.4. The molecule has 5 heteroatoms. The van der Waals surface area contributed by atoms with E-state index in [4.69, 9.17) is 0 Å². The number of guanidine groups is 1. The minimum atomic E-state index is 0.612. The molecular weight excluding hydrogens is 274 g/mol. The molecule has 1 atom stereocenters. The fourth-order valence-corrected chi connectivity index (χ4v) is 3.25. The summed E-state index contributed by atoms with van der Waals surface area (Å²) >= 11 is 0. The van der Waals surface area contributed by atoms with Crippen molar-refractivity contribution >= 4 is 5.96 Å². The minimum absolute atomic E-state index is 0.612. The van der Waals surface area contributed by atoms with Gasteiger partial charge >= 0.3 is 0 Å². The molecule has 0 amide bonds. The van der Waals surface area contributed by atoms with E-state index in [1.54, 1.807) is 0 Å². The lowest BCUT2D eigenvalue weighted by molar-refractivity contribution is 0.0154. The van der Waals surface area contributed by atoms with E-state index < -0.39 is 0 Å². The van der Waals surface area contributed by atoms with Crippen LogP contribution in [-0.2, 0) is 6.54 Å². The monoisotopic (exact) mass is 301 g/mol. The SMILES string of the molecule is CN=C(NCc1ccc(C)cc1)NCC1CN2CCN1CC2. The zero-order valence-electron chi connectivity index (χ0n) is 13.7. The molecule has 0 saturated carbocycles. The molecule has 5 nitrogen and oxygen atoms in total. The average Bonchev–Trinajstić information content (AvgIpc) is 2.58. The van der Waals surface area contributed by atoms with Crippen LogP contribution in [0.5, 0.6) is 0 Å². The number of hydrogen-bond acceptors (Lipinski definition) is 3. The van der Waals surface area contributed by atoms with Gasteiger partial charge in [-0.1, -0.05) is 29.8 Å².